The van der Waals surface area contributed by atoms with Crippen molar-refractivity contribution in [2.24, 2.45) is 0 Å². The van der Waals surface area contributed by atoms with Crippen LogP contribution in [-0.2, 0) is 0 Å². The Kier molecular flexibility index (Phi) is 3.38. The molecule has 0 fully saturated rings. The fourth-order valence-electron chi connectivity index (χ4n) is 0.525. The molecule has 1 atom stereocenters. The van der Waals surface area contributed by atoms with Crippen molar-refractivity contribution in [2.75, 3.05) is 0 Å². The van der Waals surface area contributed by atoms with Crippen LogP contribution in [0.2, 0.25) is 0 Å². The average Bonchev–Trinajstić information content (AvgIpc) is 1.67. The van der Waals surface area contributed by atoms with Gasteiger partial charge in [-0.05, 0) is 13.3 Å². The molecule has 46 valence electrons. The minimum absolute atomic E-state index is 0.132. The zero-order chi connectivity index (χ0) is 6.62. The Hall–Kier alpha value is 0.220. The topological polar surface area (TPSA) is 23.8 Å². The van der Waals surface area contributed by atoms with Gasteiger partial charge in [-0.25, -0.2) is 0 Å². The van der Waals surface area contributed by atoms with E-state index < -0.39 is 0 Å². The number of rotatable bonds is 2. The summed E-state index contributed by atoms with van der Waals surface area (Å²) in [7, 11) is 0. The summed E-state index contributed by atoms with van der Waals surface area (Å²) in [5, 5.41) is 8.47. The van der Waals surface area contributed by atoms with Crippen molar-refractivity contribution in [1.29, 1.82) is 5.26 Å². The summed E-state index contributed by atoms with van der Waals surface area (Å²) in [5.41, 5.74) is 0. The van der Waals surface area contributed by atoms with E-state index >= 15 is 0 Å². The van der Waals surface area contributed by atoms with E-state index in [1.54, 1.807) is 0 Å². The average molecular weight is 223 g/mol. The molecule has 0 rings (SSSR count). The van der Waals surface area contributed by atoms with Crippen LogP contribution in [0.3, 0.4) is 0 Å². The summed E-state index contributed by atoms with van der Waals surface area (Å²) in [4.78, 5) is 0. The minimum Gasteiger partial charge on any atom is -0.197 e. The molecule has 0 aromatic heterocycles. The maximum Gasteiger partial charge on any atom is 0.106 e. The van der Waals surface area contributed by atoms with Gasteiger partial charge in [-0.3, -0.25) is 0 Å². The number of alkyl halides is 1. The highest BCUT2D eigenvalue weighted by Gasteiger charge is 2.16. The maximum atomic E-state index is 8.47. The Morgan fingerprint density at radius 3 is 2.38 bits per heavy atom. The highest BCUT2D eigenvalue weighted by atomic mass is 127. The summed E-state index contributed by atoms with van der Waals surface area (Å²) < 4.78 is -0.132. The van der Waals surface area contributed by atoms with E-state index in [0.29, 0.717) is 0 Å². The number of nitriles is 1. The fourth-order valence-corrected chi connectivity index (χ4v) is 1.06. The third-order valence-corrected chi connectivity index (χ3v) is 1.73. The standard InChI is InChI=1S/C6H10IN/c1-3-4-6(2,7)5-8/h3-4H2,1-2H3. The molecule has 0 saturated heterocycles. The van der Waals surface area contributed by atoms with E-state index in [-0.39, 0.29) is 3.42 Å². The van der Waals surface area contributed by atoms with Crippen LogP contribution in [0.15, 0.2) is 0 Å². The Morgan fingerprint density at radius 2 is 2.25 bits per heavy atom. The summed E-state index contributed by atoms with van der Waals surface area (Å²) >= 11 is 2.18. The number of nitrogens with zero attached hydrogens (tertiary/aromatic N) is 1. The molecule has 0 saturated carbocycles. The van der Waals surface area contributed by atoms with E-state index in [2.05, 4.69) is 35.6 Å². The van der Waals surface area contributed by atoms with Gasteiger partial charge in [-0.2, -0.15) is 5.26 Å². The number of hydrogen-bond acceptors (Lipinski definition) is 1. The van der Waals surface area contributed by atoms with Crippen LogP contribution < -0.4 is 0 Å². The van der Waals surface area contributed by atoms with E-state index in [1.807, 2.05) is 6.92 Å². The summed E-state index contributed by atoms with van der Waals surface area (Å²) in [6.45, 7) is 4.05. The molecule has 0 aliphatic heterocycles. The monoisotopic (exact) mass is 223 g/mol. The SMILES string of the molecule is CCCC(C)(I)C#N. The first-order valence-electron chi connectivity index (χ1n) is 2.72. The fraction of sp³-hybridized carbons (Fsp3) is 0.833. The maximum absolute atomic E-state index is 8.47. The van der Waals surface area contributed by atoms with E-state index in [9.17, 15) is 0 Å². The molecule has 0 heterocycles. The Labute approximate surface area is 64.2 Å². The van der Waals surface area contributed by atoms with Crippen LogP contribution in [-0.4, -0.2) is 3.42 Å². The van der Waals surface area contributed by atoms with Crippen LogP contribution in [0.4, 0.5) is 0 Å². The molecular formula is C6H10IN. The second-order valence-corrected chi connectivity index (χ2v) is 4.44. The molecule has 0 radical (unpaired) electrons. The van der Waals surface area contributed by atoms with Crippen LogP contribution in [0.5, 0.6) is 0 Å². The van der Waals surface area contributed by atoms with Gasteiger partial charge in [0.05, 0.1) is 6.07 Å². The zero-order valence-corrected chi connectivity index (χ0v) is 7.40. The van der Waals surface area contributed by atoms with Gasteiger partial charge in [0.15, 0.2) is 0 Å². The lowest BCUT2D eigenvalue weighted by Gasteiger charge is -2.09. The lowest BCUT2D eigenvalue weighted by molar-refractivity contribution is 0.717. The summed E-state index contributed by atoms with van der Waals surface area (Å²) in [6, 6.07) is 2.23. The molecule has 0 bridgehead atoms. The number of halogens is 1. The number of hydrogen-bond donors (Lipinski definition) is 0. The van der Waals surface area contributed by atoms with Crippen molar-refractivity contribution in [1.82, 2.24) is 0 Å². The van der Waals surface area contributed by atoms with Gasteiger partial charge < -0.3 is 0 Å². The normalized spacial score (nSPS) is 16.8. The smallest absolute Gasteiger partial charge is 0.106 e. The van der Waals surface area contributed by atoms with E-state index in [1.165, 1.54) is 0 Å². The Balaban J connectivity index is 3.59. The molecule has 8 heavy (non-hydrogen) atoms. The molecule has 0 N–H and O–H groups in total. The lowest BCUT2D eigenvalue weighted by Crippen LogP contribution is -2.10. The van der Waals surface area contributed by atoms with Gasteiger partial charge in [-0.1, -0.05) is 35.9 Å². The van der Waals surface area contributed by atoms with Crippen LogP contribution in [0, 0.1) is 11.3 Å². The molecule has 0 aliphatic carbocycles. The molecule has 0 aliphatic rings. The first kappa shape index (κ1) is 8.22. The molecule has 1 unspecified atom stereocenters. The van der Waals surface area contributed by atoms with Gasteiger partial charge >= 0.3 is 0 Å². The molecule has 1 nitrogen and oxygen atoms in total. The highest BCUT2D eigenvalue weighted by Crippen LogP contribution is 2.22. The van der Waals surface area contributed by atoms with Crippen LogP contribution >= 0.6 is 22.6 Å². The Bertz CT molecular complexity index is 102. The van der Waals surface area contributed by atoms with Crippen molar-refractivity contribution in [3.8, 4) is 6.07 Å². The van der Waals surface area contributed by atoms with Crippen molar-refractivity contribution >= 4 is 22.6 Å². The highest BCUT2D eigenvalue weighted by molar-refractivity contribution is 14.1. The molecule has 2 heteroatoms. The van der Waals surface area contributed by atoms with Gasteiger partial charge in [0.2, 0.25) is 0 Å². The second kappa shape index (κ2) is 3.29. The molecule has 0 amide bonds. The van der Waals surface area contributed by atoms with Gasteiger partial charge in [-0.15, -0.1) is 0 Å². The summed E-state index contributed by atoms with van der Waals surface area (Å²) in [6.07, 6.45) is 2.08. The predicted octanol–water partition coefficient (Wildman–Crippen LogP) is 2.50. The lowest BCUT2D eigenvalue weighted by atomic mass is 10.1. The summed E-state index contributed by atoms with van der Waals surface area (Å²) in [5.74, 6) is 0. The van der Waals surface area contributed by atoms with Crippen LogP contribution in [0.1, 0.15) is 26.7 Å². The van der Waals surface area contributed by atoms with Crippen LogP contribution in [0.25, 0.3) is 0 Å². The third-order valence-electron chi connectivity index (χ3n) is 0.953. The Morgan fingerprint density at radius 1 is 1.75 bits per heavy atom. The quantitative estimate of drug-likeness (QED) is 0.521. The first-order valence-corrected chi connectivity index (χ1v) is 3.80. The molecule has 0 aromatic carbocycles. The van der Waals surface area contributed by atoms with Gasteiger partial charge in [0.1, 0.15) is 3.42 Å². The van der Waals surface area contributed by atoms with Gasteiger partial charge in [0, 0.05) is 0 Å². The van der Waals surface area contributed by atoms with Gasteiger partial charge in [0.25, 0.3) is 0 Å². The van der Waals surface area contributed by atoms with Crippen molar-refractivity contribution < 1.29 is 0 Å². The molecular weight excluding hydrogens is 213 g/mol. The molecule has 0 spiro atoms. The third kappa shape index (κ3) is 3.25. The first-order chi connectivity index (χ1) is 3.62. The van der Waals surface area contributed by atoms with E-state index in [0.717, 1.165) is 12.8 Å². The van der Waals surface area contributed by atoms with E-state index in [4.69, 9.17) is 5.26 Å². The predicted molar refractivity (Wildman–Crippen MR) is 42.9 cm³/mol. The second-order valence-electron chi connectivity index (χ2n) is 2.06. The largest absolute Gasteiger partial charge is 0.197 e. The molecule has 0 aromatic rings. The van der Waals surface area contributed by atoms with Crippen molar-refractivity contribution in [3.63, 3.8) is 0 Å². The minimum atomic E-state index is -0.132. The van der Waals surface area contributed by atoms with Crippen molar-refractivity contribution in [2.45, 2.75) is 30.1 Å². The van der Waals surface area contributed by atoms with Crippen molar-refractivity contribution in [3.05, 3.63) is 0 Å². The zero-order valence-electron chi connectivity index (χ0n) is 5.24.